The second-order valence-corrected chi connectivity index (χ2v) is 14.2. The zero-order chi connectivity index (χ0) is 28.0. The average molecular weight is 617 g/mol. The highest BCUT2D eigenvalue weighted by atomic mass is 35.5. The molecule has 38 heavy (non-hydrogen) atoms. The highest BCUT2D eigenvalue weighted by Gasteiger charge is 2.46. The Balaban J connectivity index is 1.60. The molecule has 20 heteroatoms. The van der Waals surface area contributed by atoms with Gasteiger partial charge in [-0.2, -0.15) is 5.10 Å². The largest absolute Gasteiger partial charge is 0.387 e. The number of aromatic nitrogens is 3. The number of nitrogens with zero attached hydrogens (tertiary/aromatic N) is 3. The van der Waals surface area contributed by atoms with E-state index in [1.54, 1.807) is 0 Å². The van der Waals surface area contributed by atoms with Crippen molar-refractivity contribution in [2.24, 2.45) is 0 Å². The van der Waals surface area contributed by atoms with Gasteiger partial charge in [-0.05, 0) is 12.1 Å². The second-order valence-electron chi connectivity index (χ2n) is 8.14. The molecule has 1 unspecified atom stereocenters. The molecule has 0 spiro atoms. The van der Waals surface area contributed by atoms with Gasteiger partial charge in [0.2, 0.25) is 0 Å². The van der Waals surface area contributed by atoms with Crippen LogP contribution in [-0.2, 0) is 28.4 Å². The van der Waals surface area contributed by atoms with Crippen LogP contribution >= 0.6 is 26.8 Å². The molecule has 1 fully saturated rings. The zero-order valence-electron chi connectivity index (χ0n) is 18.8. The summed E-state index contributed by atoms with van der Waals surface area (Å²) < 4.78 is 75.9. The fraction of sp³-hybridized carbons (Fsp3) is 0.333. The molecular formula is C18H20ClFN4O11P2S. The number of benzene rings is 1. The van der Waals surface area contributed by atoms with Gasteiger partial charge in [0.05, 0.1) is 23.9 Å². The molecule has 0 saturated carbocycles. The normalized spacial score (nSPS) is 24.0. The summed E-state index contributed by atoms with van der Waals surface area (Å²) in [5, 5.41) is 24.7. The first-order valence-corrected chi connectivity index (χ1v) is 15.8. The number of aliphatic hydroxyl groups excluding tert-OH is 2. The first-order chi connectivity index (χ1) is 17.6. The van der Waals surface area contributed by atoms with E-state index in [0.29, 0.717) is 0 Å². The van der Waals surface area contributed by atoms with Crippen LogP contribution < -0.4 is 4.72 Å². The molecule has 5 atom stereocenters. The number of rotatable bonds is 9. The second kappa shape index (κ2) is 10.5. The number of halogens is 2. The molecule has 2 aromatic heterocycles. The van der Waals surface area contributed by atoms with E-state index in [1.165, 1.54) is 12.1 Å². The molecule has 1 aliphatic heterocycles. The quantitative estimate of drug-likeness (QED) is 0.146. The lowest BCUT2D eigenvalue weighted by molar-refractivity contribution is -0.0541. The van der Waals surface area contributed by atoms with Crippen molar-refractivity contribution in [2.75, 3.05) is 17.2 Å². The summed E-state index contributed by atoms with van der Waals surface area (Å²) in [7, 11) is -14.1. The van der Waals surface area contributed by atoms with Crippen LogP contribution in [-0.4, -0.2) is 78.9 Å². The third kappa shape index (κ3) is 6.24. The molecule has 1 aromatic carbocycles. The van der Waals surface area contributed by atoms with Crippen LogP contribution in [0.3, 0.4) is 0 Å². The predicted molar refractivity (Wildman–Crippen MR) is 128 cm³/mol. The standard InChI is InChI=1S/C18H20ClFN4O11P2S/c19-14-5-11(23-38(32,33)13-4-2-1-3-10(13)20)9-6-21-24(17(9)22-14)18-16(26)15(25)12(35-18)7-34-37(30,31)8-36(27,28)29/h1-6,12,15-16,18,25-26H,7-8H2,(H,22,23)(H,30,31)(H2,27,28,29)/t12-,15-,16-,18-/m1/s1. The molecule has 1 saturated heterocycles. The summed E-state index contributed by atoms with van der Waals surface area (Å²) in [5.74, 6) is -2.46. The van der Waals surface area contributed by atoms with Crippen molar-refractivity contribution in [3.05, 3.63) is 47.5 Å². The van der Waals surface area contributed by atoms with Gasteiger partial charge in [0.15, 0.2) is 17.8 Å². The number of nitrogens with one attached hydrogen (secondary N) is 1. The first kappa shape index (κ1) is 29.0. The monoisotopic (exact) mass is 616 g/mol. The highest BCUT2D eigenvalue weighted by molar-refractivity contribution is 7.92. The number of hydrogen-bond acceptors (Lipinski definition) is 10. The lowest BCUT2D eigenvalue weighted by Crippen LogP contribution is -2.33. The summed E-state index contributed by atoms with van der Waals surface area (Å²) in [5.41, 5.74) is -0.253. The maximum Gasteiger partial charge on any atom is 0.340 e. The Labute approximate surface area is 218 Å². The Bertz CT molecular complexity index is 1570. The molecule has 0 amide bonds. The molecule has 0 radical (unpaired) electrons. The fourth-order valence-corrected chi connectivity index (χ4v) is 7.56. The number of aliphatic hydroxyl groups is 2. The third-order valence-corrected chi connectivity index (χ3v) is 10.3. The lowest BCUT2D eigenvalue weighted by atomic mass is 10.1. The summed E-state index contributed by atoms with van der Waals surface area (Å²) >= 11 is 6.06. The van der Waals surface area contributed by atoms with Crippen LogP contribution in [0, 0.1) is 5.82 Å². The average Bonchev–Trinajstić information content (AvgIpc) is 3.32. The van der Waals surface area contributed by atoms with Gasteiger partial charge in [0.1, 0.15) is 34.2 Å². The van der Waals surface area contributed by atoms with E-state index in [9.17, 15) is 37.0 Å². The minimum absolute atomic E-state index is 0.0563. The molecule has 0 aliphatic carbocycles. The number of anilines is 1. The van der Waals surface area contributed by atoms with Crippen LogP contribution in [0.5, 0.6) is 0 Å². The number of ether oxygens (including phenoxy) is 1. The van der Waals surface area contributed by atoms with Crippen LogP contribution in [0.25, 0.3) is 11.0 Å². The van der Waals surface area contributed by atoms with E-state index in [2.05, 4.69) is 19.3 Å². The Morgan fingerprint density at radius 3 is 2.53 bits per heavy atom. The van der Waals surface area contributed by atoms with Crippen molar-refractivity contribution in [2.45, 2.75) is 29.4 Å². The van der Waals surface area contributed by atoms with Crippen LogP contribution in [0.2, 0.25) is 5.15 Å². The molecule has 208 valence electrons. The molecular weight excluding hydrogens is 597 g/mol. The molecule has 0 bridgehead atoms. The topological polar surface area (TPSA) is 231 Å². The molecule has 1 aliphatic rings. The Hall–Kier alpha value is -2.01. The van der Waals surface area contributed by atoms with Crippen molar-refractivity contribution in [3.8, 4) is 0 Å². The Kier molecular flexibility index (Phi) is 8.02. The lowest BCUT2D eigenvalue weighted by Gasteiger charge is -2.18. The number of fused-ring (bicyclic) bond motifs is 1. The Morgan fingerprint density at radius 2 is 1.87 bits per heavy atom. The first-order valence-electron chi connectivity index (χ1n) is 10.4. The number of sulfonamides is 1. The smallest absolute Gasteiger partial charge is 0.340 e. The summed E-state index contributed by atoms with van der Waals surface area (Å²) in [4.78, 5) is 30.8. The minimum atomic E-state index is -4.90. The minimum Gasteiger partial charge on any atom is -0.387 e. The predicted octanol–water partition coefficient (Wildman–Crippen LogP) is 0.981. The summed E-state index contributed by atoms with van der Waals surface area (Å²) in [6.45, 7) is -0.830. The van der Waals surface area contributed by atoms with Crippen molar-refractivity contribution < 1.29 is 56.1 Å². The van der Waals surface area contributed by atoms with E-state index in [-0.39, 0.29) is 21.9 Å². The molecule has 15 nitrogen and oxygen atoms in total. The van der Waals surface area contributed by atoms with Gasteiger partial charge in [-0.1, -0.05) is 23.7 Å². The van der Waals surface area contributed by atoms with Gasteiger partial charge < -0.3 is 34.2 Å². The zero-order valence-corrected chi connectivity index (χ0v) is 22.1. The Morgan fingerprint density at radius 1 is 1.18 bits per heavy atom. The van der Waals surface area contributed by atoms with Crippen molar-refractivity contribution in [1.82, 2.24) is 14.8 Å². The van der Waals surface area contributed by atoms with E-state index in [0.717, 1.165) is 29.1 Å². The van der Waals surface area contributed by atoms with Crippen molar-refractivity contribution in [1.29, 1.82) is 0 Å². The van der Waals surface area contributed by atoms with E-state index < -0.39 is 73.0 Å². The van der Waals surface area contributed by atoms with Gasteiger partial charge in [-0.25, -0.2) is 22.5 Å². The van der Waals surface area contributed by atoms with E-state index in [1.807, 2.05) is 0 Å². The summed E-state index contributed by atoms with van der Waals surface area (Å²) in [6, 6.07) is 5.81. The molecule has 3 aromatic rings. The molecule has 6 N–H and O–H groups in total. The highest BCUT2D eigenvalue weighted by Crippen LogP contribution is 2.55. The fourth-order valence-electron chi connectivity index (χ4n) is 3.65. The van der Waals surface area contributed by atoms with Gasteiger partial charge >= 0.3 is 15.2 Å². The van der Waals surface area contributed by atoms with E-state index >= 15 is 0 Å². The molecule has 4 rings (SSSR count). The third-order valence-electron chi connectivity index (χ3n) is 5.29. The maximum atomic E-state index is 14.1. The van der Waals surface area contributed by atoms with Gasteiger partial charge in [0.25, 0.3) is 10.0 Å². The van der Waals surface area contributed by atoms with Crippen LogP contribution in [0.4, 0.5) is 10.1 Å². The van der Waals surface area contributed by atoms with Crippen molar-refractivity contribution in [3.63, 3.8) is 0 Å². The number of pyridine rings is 1. The van der Waals surface area contributed by atoms with E-state index in [4.69, 9.17) is 26.1 Å². The SMILES string of the molecule is O=P(O)(O)CP(=O)(O)OC[C@H]1O[C@@H](n2ncc3c(NS(=O)(=O)c4ccccc4F)cc(Cl)nc32)[C@H](O)[C@@H]1O. The van der Waals surface area contributed by atoms with Gasteiger partial charge in [-0.15, -0.1) is 0 Å². The van der Waals surface area contributed by atoms with Gasteiger partial charge in [0, 0.05) is 6.07 Å². The van der Waals surface area contributed by atoms with Gasteiger partial charge in [-0.3, -0.25) is 13.9 Å². The van der Waals surface area contributed by atoms with Crippen LogP contribution in [0.15, 0.2) is 41.4 Å². The summed E-state index contributed by atoms with van der Waals surface area (Å²) in [6.07, 6.45) is -5.17. The van der Waals surface area contributed by atoms with Crippen LogP contribution in [0.1, 0.15) is 6.23 Å². The maximum absolute atomic E-state index is 14.1. The van der Waals surface area contributed by atoms with Crippen molar-refractivity contribution >= 4 is 53.5 Å². The molecule has 3 heterocycles. The number of hydrogen-bond donors (Lipinski definition) is 6.